The molecule has 2 rings (SSSR count). The Balaban J connectivity index is 2.09. The van der Waals surface area contributed by atoms with Crippen LogP contribution in [0.3, 0.4) is 0 Å². The van der Waals surface area contributed by atoms with Gasteiger partial charge in [0, 0.05) is 4.91 Å². The van der Waals surface area contributed by atoms with E-state index in [4.69, 9.17) is 5.53 Å². The van der Waals surface area contributed by atoms with Crippen LogP contribution in [0.2, 0.25) is 0 Å². The first-order chi connectivity index (χ1) is 9.72. The normalized spacial score (nSPS) is 14.8. The summed E-state index contributed by atoms with van der Waals surface area (Å²) in [5, 5.41) is 3.70. The van der Waals surface area contributed by atoms with E-state index in [0.29, 0.717) is 6.42 Å². The topological polar surface area (TPSA) is 75.1 Å². The zero-order chi connectivity index (χ0) is 14.4. The maximum Gasteiger partial charge on any atom is 0.305 e. The SMILES string of the molecule is COC(=O)C[C@@H](Cc1ccc2c(c1)CCCC2)N=[N+]=[N-]. The van der Waals surface area contributed by atoms with Gasteiger partial charge in [0.25, 0.3) is 0 Å². The number of esters is 1. The van der Waals surface area contributed by atoms with Gasteiger partial charge >= 0.3 is 5.97 Å². The molecule has 1 atom stereocenters. The van der Waals surface area contributed by atoms with E-state index in [0.717, 1.165) is 18.4 Å². The Bertz CT molecular complexity index is 536. The number of fused-ring (bicyclic) bond motifs is 1. The van der Waals surface area contributed by atoms with Crippen LogP contribution in [0.1, 0.15) is 36.0 Å². The summed E-state index contributed by atoms with van der Waals surface area (Å²) in [6.07, 6.45) is 5.46. The summed E-state index contributed by atoms with van der Waals surface area (Å²) in [5.41, 5.74) is 12.5. The molecule has 0 saturated carbocycles. The van der Waals surface area contributed by atoms with E-state index in [1.807, 2.05) is 0 Å². The number of carbonyl (C=O) groups is 1. The summed E-state index contributed by atoms with van der Waals surface area (Å²) < 4.78 is 4.63. The van der Waals surface area contributed by atoms with Gasteiger partial charge in [0.2, 0.25) is 0 Å². The lowest BCUT2D eigenvalue weighted by molar-refractivity contribution is -0.140. The van der Waals surface area contributed by atoms with Gasteiger partial charge in [-0.2, -0.15) is 0 Å². The second-order valence-corrected chi connectivity index (χ2v) is 5.15. The molecule has 0 saturated heterocycles. The summed E-state index contributed by atoms with van der Waals surface area (Å²) in [4.78, 5) is 14.1. The van der Waals surface area contributed by atoms with Crippen molar-refractivity contribution in [3.05, 3.63) is 45.3 Å². The molecule has 0 amide bonds. The second kappa shape index (κ2) is 6.96. The third-order valence-electron chi connectivity index (χ3n) is 3.73. The van der Waals surface area contributed by atoms with Crippen molar-refractivity contribution >= 4 is 5.97 Å². The molecule has 0 aliphatic heterocycles. The molecule has 5 heteroatoms. The highest BCUT2D eigenvalue weighted by Gasteiger charge is 2.15. The van der Waals surface area contributed by atoms with Gasteiger partial charge in [-0.1, -0.05) is 23.3 Å². The minimum atomic E-state index is -0.380. The van der Waals surface area contributed by atoms with Crippen LogP contribution in [0, 0.1) is 0 Å². The van der Waals surface area contributed by atoms with E-state index < -0.39 is 0 Å². The van der Waals surface area contributed by atoms with E-state index in [2.05, 4.69) is 33.0 Å². The van der Waals surface area contributed by atoms with Gasteiger partial charge in [-0.3, -0.25) is 4.79 Å². The smallest absolute Gasteiger partial charge is 0.305 e. The minimum absolute atomic E-state index is 0.123. The Morgan fingerprint density at radius 3 is 2.85 bits per heavy atom. The number of aryl methyl sites for hydroxylation is 2. The molecule has 1 aromatic carbocycles. The Morgan fingerprint density at radius 1 is 1.40 bits per heavy atom. The van der Waals surface area contributed by atoms with Crippen molar-refractivity contribution in [2.24, 2.45) is 5.11 Å². The summed E-state index contributed by atoms with van der Waals surface area (Å²) >= 11 is 0. The molecule has 106 valence electrons. The highest BCUT2D eigenvalue weighted by atomic mass is 16.5. The number of hydrogen-bond acceptors (Lipinski definition) is 3. The highest BCUT2D eigenvalue weighted by Crippen LogP contribution is 2.23. The standard InChI is InChI=1S/C15H19N3O2/c1-20-15(19)10-14(17-18-16)9-11-6-7-12-4-2-3-5-13(12)8-11/h6-8,14H,2-5,9-10H2,1H3/t14-/m1/s1. The first kappa shape index (κ1) is 14.4. The number of benzene rings is 1. The fourth-order valence-corrected chi connectivity index (χ4v) is 2.69. The number of hydrogen-bond donors (Lipinski definition) is 0. The molecule has 0 heterocycles. The number of carbonyl (C=O) groups excluding carboxylic acids is 1. The number of ether oxygens (including phenoxy) is 1. The molecule has 1 aromatic rings. The van der Waals surface area contributed by atoms with E-state index in [-0.39, 0.29) is 18.4 Å². The lowest BCUT2D eigenvalue weighted by Crippen LogP contribution is -2.15. The predicted molar refractivity (Wildman–Crippen MR) is 76.4 cm³/mol. The van der Waals surface area contributed by atoms with Crippen molar-refractivity contribution in [3.63, 3.8) is 0 Å². The van der Waals surface area contributed by atoms with Crippen LogP contribution in [0.5, 0.6) is 0 Å². The molecule has 1 aliphatic rings. The largest absolute Gasteiger partial charge is 0.469 e. The van der Waals surface area contributed by atoms with Crippen LogP contribution in [-0.2, 0) is 28.8 Å². The van der Waals surface area contributed by atoms with E-state index >= 15 is 0 Å². The zero-order valence-electron chi connectivity index (χ0n) is 11.7. The molecule has 20 heavy (non-hydrogen) atoms. The first-order valence-corrected chi connectivity index (χ1v) is 6.94. The summed E-state index contributed by atoms with van der Waals surface area (Å²) in [6.45, 7) is 0. The van der Waals surface area contributed by atoms with Crippen molar-refractivity contribution < 1.29 is 9.53 Å². The van der Waals surface area contributed by atoms with Crippen molar-refractivity contribution in [2.45, 2.75) is 44.6 Å². The molecular weight excluding hydrogens is 254 g/mol. The number of nitrogens with zero attached hydrogens (tertiary/aromatic N) is 3. The van der Waals surface area contributed by atoms with Crippen LogP contribution in [0.25, 0.3) is 10.4 Å². The summed E-state index contributed by atoms with van der Waals surface area (Å²) in [5.74, 6) is -0.347. The summed E-state index contributed by atoms with van der Waals surface area (Å²) in [7, 11) is 1.34. The van der Waals surface area contributed by atoms with Crippen LogP contribution in [-0.4, -0.2) is 19.1 Å². The first-order valence-electron chi connectivity index (χ1n) is 6.94. The average molecular weight is 273 g/mol. The molecule has 0 aromatic heterocycles. The van der Waals surface area contributed by atoms with Gasteiger partial charge < -0.3 is 4.74 Å². The summed E-state index contributed by atoms with van der Waals surface area (Å²) in [6, 6.07) is 6.04. The van der Waals surface area contributed by atoms with Crippen LogP contribution in [0.15, 0.2) is 23.3 Å². The third-order valence-corrected chi connectivity index (χ3v) is 3.73. The van der Waals surface area contributed by atoms with E-state index in [1.54, 1.807) is 0 Å². The van der Waals surface area contributed by atoms with Crippen LogP contribution < -0.4 is 0 Å². The molecule has 0 unspecified atom stereocenters. The predicted octanol–water partition coefficient (Wildman–Crippen LogP) is 3.35. The van der Waals surface area contributed by atoms with Crippen molar-refractivity contribution in [1.29, 1.82) is 0 Å². The Labute approximate surface area is 118 Å². The van der Waals surface area contributed by atoms with E-state index in [9.17, 15) is 4.79 Å². The van der Waals surface area contributed by atoms with Gasteiger partial charge in [0.05, 0.1) is 19.6 Å². The van der Waals surface area contributed by atoms with E-state index in [1.165, 1.54) is 31.1 Å². The number of azide groups is 1. The lowest BCUT2D eigenvalue weighted by Gasteiger charge is -2.17. The quantitative estimate of drug-likeness (QED) is 0.357. The van der Waals surface area contributed by atoms with Crippen molar-refractivity contribution in [1.82, 2.24) is 0 Å². The molecular formula is C15H19N3O2. The fraction of sp³-hybridized carbons (Fsp3) is 0.533. The highest BCUT2D eigenvalue weighted by molar-refractivity contribution is 5.70. The van der Waals surface area contributed by atoms with Crippen LogP contribution in [0.4, 0.5) is 0 Å². The Hall–Kier alpha value is -2.00. The lowest BCUT2D eigenvalue weighted by atomic mass is 9.89. The fourth-order valence-electron chi connectivity index (χ4n) is 2.69. The minimum Gasteiger partial charge on any atom is -0.469 e. The molecule has 0 fully saturated rings. The molecule has 0 radical (unpaired) electrons. The van der Waals surface area contributed by atoms with Gasteiger partial charge in [-0.15, -0.1) is 0 Å². The monoisotopic (exact) mass is 273 g/mol. The molecule has 5 nitrogen and oxygen atoms in total. The molecule has 0 spiro atoms. The van der Waals surface area contributed by atoms with Crippen molar-refractivity contribution in [2.75, 3.05) is 7.11 Å². The number of methoxy groups -OCH3 is 1. The average Bonchev–Trinajstić information content (AvgIpc) is 2.47. The maximum atomic E-state index is 11.3. The van der Waals surface area contributed by atoms with Crippen molar-refractivity contribution in [3.8, 4) is 0 Å². The molecule has 1 aliphatic carbocycles. The van der Waals surface area contributed by atoms with Crippen LogP contribution >= 0.6 is 0 Å². The molecule has 0 N–H and O–H groups in total. The molecule has 0 bridgehead atoms. The van der Waals surface area contributed by atoms with Gasteiger partial charge in [-0.05, 0) is 54.3 Å². The number of rotatable bonds is 5. The Kier molecular flexibility index (Phi) is 5.02. The maximum absolute atomic E-state index is 11.3. The van der Waals surface area contributed by atoms with Gasteiger partial charge in [0.15, 0.2) is 0 Å². The Morgan fingerprint density at radius 2 is 2.15 bits per heavy atom. The second-order valence-electron chi connectivity index (χ2n) is 5.15. The third kappa shape index (κ3) is 3.75. The zero-order valence-corrected chi connectivity index (χ0v) is 11.7. The van der Waals surface area contributed by atoms with Gasteiger partial charge in [-0.25, -0.2) is 0 Å². The van der Waals surface area contributed by atoms with Gasteiger partial charge in [0.1, 0.15) is 0 Å².